The van der Waals surface area contributed by atoms with Gasteiger partial charge in [0.15, 0.2) is 15.6 Å². The van der Waals surface area contributed by atoms with Crippen LogP contribution in [0.25, 0.3) is 21.5 Å². The third-order valence-electron chi connectivity index (χ3n) is 7.40. The van der Waals surface area contributed by atoms with Gasteiger partial charge in [0.2, 0.25) is 0 Å². The second-order valence-corrected chi connectivity index (χ2v) is 16.2. The Kier molecular flexibility index (Phi) is 10.6. The molecule has 0 aromatic heterocycles. The third kappa shape index (κ3) is 8.22. The van der Waals surface area contributed by atoms with E-state index >= 15 is 0 Å². The van der Waals surface area contributed by atoms with Crippen LogP contribution < -0.4 is 9.50 Å². The van der Waals surface area contributed by atoms with E-state index in [1.807, 2.05) is 0 Å². The number of rotatable bonds is 12. The van der Waals surface area contributed by atoms with Crippen LogP contribution in [-0.2, 0) is 41.4 Å². The van der Waals surface area contributed by atoms with Crippen molar-refractivity contribution in [2.24, 2.45) is 10.2 Å². The number of phenols is 1. The molecule has 5 aromatic carbocycles. The molecule has 0 saturated heterocycles. The molecule has 51 heavy (non-hydrogen) atoms. The van der Waals surface area contributed by atoms with Crippen molar-refractivity contribution in [2.45, 2.75) is 34.5 Å². The molecule has 5 aromatic rings. The first-order valence-electron chi connectivity index (χ1n) is 14.5. The van der Waals surface area contributed by atoms with Crippen LogP contribution >= 0.6 is 0 Å². The van der Waals surface area contributed by atoms with E-state index in [9.17, 15) is 53.0 Å². The number of benzene rings is 5. The van der Waals surface area contributed by atoms with E-state index in [2.05, 4.69) is 19.7 Å². The van der Waals surface area contributed by atoms with Crippen LogP contribution in [0, 0.1) is 0 Å². The maximum Gasteiger partial charge on any atom is 0.255 e. The quantitative estimate of drug-likeness (QED) is 0.0969. The maximum atomic E-state index is 13.0. The molecule has 0 aliphatic rings. The minimum absolute atomic E-state index is 0.0353. The van der Waals surface area contributed by atoms with Crippen molar-refractivity contribution in [2.75, 3.05) is 11.1 Å². The van der Waals surface area contributed by atoms with Crippen LogP contribution in [0.15, 0.2) is 104 Å². The minimum atomic E-state index is -5.52. The second kappa shape index (κ2) is 14.4. The van der Waals surface area contributed by atoms with E-state index in [0.29, 0.717) is 18.9 Å². The van der Waals surface area contributed by atoms with Crippen molar-refractivity contribution in [1.29, 1.82) is 0 Å². The van der Waals surface area contributed by atoms with Gasteiger partial charge >= 0.3 is 0 Å². The summed E-state index contributed by atoms with van der Waals surface area (Å²) in [5.74, 6) is -2.45. The van der Waals surface area contributed by atoms with E-state index in [0.717, 1.165) is 30.3 Å². The molecule has 0 bridgehead atoms. The molecule has 20 heteroatoms. The number of carbonyl (C=O) groups excluding carboxylic acids is 1. The summed E-state index contributed by atoms with van der Waals surface area (Å²) in [5, 5.41) is 20.3. The highest BCUT2D eigenvalue weighted by atomic mass is 32.2. The van der Waals surface area contributed by atoms with Gasteiger partial charge in [-0.3, -0.25) is 4.79 Å². The zero-order valence-corrected chi connectivity index (χ0v) is 29.3. The van der Waals surface area contributed by atoms with Gasteiger partial charge in [0.05, 0.1) is 26.1 Å². The number of nitrogens with zero attached hydrogens (tertiary/aromatic N) is 2. The number of nitrogens with one attached hydrogen (secondary N) is 1. The zero-order chi connectivity index (χ0) is 37.3. The van der Waals surface area contributed by atoms with Crippen LogP contribution in [-0.4, -0.2) is 59.9 Å². The van der Waals surface area contributed by atoms with Crippen molar-refractivity contribution in [1.82, 2.24) is 0 Å². The van der Waals surface area contributed by atoms with Gasteiger partial charge in [0.25, 0.3) is 5.91 Å². The Balaban J connectivity index is 1.72. The predicted molar refractivity (Wildman–Crippen MR) is 181 cm³/mol. The molecule has 5 rings (SSSR count). The molecule has 1 unspecified atom stereocenters. The van der Waals surface area contributed by atoms with Crippen LogP contribution in [0.2, 0.25) is 0 Å². The highest BCUT2D eigenvalue weighted by molar-refractivity contribution is 7.91. The number of sulfone groups is 1. The number of carbonyl (C=O) groups is 1. The summed E-state index contributed by atoms with van der Waals surface area (Å²) in [6, 6.07) is 15.8. The topological polar surface area (TPSA) is 272 Å². The van der Waals surface area contributed by atoms with Crippen molar-refractivity contribution in [3.63, 3.8) is 0 Å². The zero-order valence-electron chi connectivity index (χ0n) is 26.0. The van der Waals surface area contributed by atoms with Crippen molar-refractivity contribution < 1.29 is 57.2 Å². The van der Waals surface area contributed by atoms with Gasteiger partial charge < -0.3 is 28.3 Å². The summed E-state index contributed by atoms with van der Waals surface area (Å²) in [5.41, 5.74) is -1.90. The van der Waals surface area contributed by atoms with Gasteiger partial charge in [-0.1, -0.05) is 43.7 Å². The first kappa shape index (κ1) is 37.4. The summed E-state index contributed by atoms with van der Waals surface area (Å²) in [6.45, 7) is 1.80. The van der Waals surface area contributed by atoms with E-state index in [1.54, 1.807) is 25.1 Å². The molecular formula is C31H24N3O13S4-3. The van der Waals surface area contributed by atoms with Crippen molar-refractivity contribution in [3.05, 3.63) is 84.4 Å². The Morgan fingerprint density at radius 3 is 2.22 bits per heavy atom. The fraction of sp³-hybridized carbons (Fsp3) is 0.129. The average molecular weight is 775 g/mol. The Bertz CT molecular complexity index is 2600. The number of unbranched alkanes of at least 4 members (excludes halogenated alkanes) is 1. The first-order valence-corrected chi connectivity index (χ1v) is 20.0. The average Bonchev–Trinajstić information content (AvgIpc) is 3.05. The lowest BCUT2D eigenvalue weighted by Crippen LogP contribution is -2.12. The molecule has 0 aliphatic heterocycles. The van der Waals surface area contributed by atoms with Gasteiger partial charge in [0, 0.05) is 22.4 Å². The lowest BCUT2D eigenvalue weighted by atomic mass is 10.0. The van der Waals surface area contributed by atoms with Gasteiger partial charge in [-0.15, -0.1) is 10.2 Å². The summed E-state index contributed by atoms with van der Waals surface area (Å²) in [7, 11) is -14.6. The number of aromatic hydroxyl groups is 1. The number of azo groups is 1. The van der Waals surface area contributed by atoms with Crippen molar-refractivity contribution >= 4 is 85.9 Å². The van der Waals surface area contributed by atoms with Crippen LogP contribution in [0.4, 0.5) is 17.1 Å². The van der Waals surface area contributed by atoms with Gasteiger partial charge in [-0.2, -0.15) is 0 Å². The van der Waals surface area contributed by atoms with E-state index in [4.69, 9.17) is 0 Å². The van der Waals surface area contributed by atoms with Gasteiger partial charge in [-0.25, -0.2) is 29.5 Å². The Morgan fingerprint density at radius 1 is 0.882 bits per heavy atom. The fourth-order valence-electron chi connectivity index (χ4n) is 5.12. The summed E-state index contributed by atoms with van der Waals surface area (Å²) >= 11 is -3.14. The highest BCUT2D eigenvalue weighted by Gasteiger charge is 2.23. The Hall–Kier alpha value is -4.83. The molecule has 1 atom stereocenters. The molecular weight excluding hydrogens is 751 g/mol. The maximum absolute atomic E-state index is 13.0. The highest BCUT2D eigenvalue weighted by Crippen LogP contribution is 2.46. The van der Waals surface area contributed by atoms with Crippen LogP contribution in [0.3, 0.4) is 0 Å². The Morgan fingerprint density at radius 2 is 1.59 bits per heavy atom. The van der Waals surface area contributed by atoms with Crippen LogP contribution in [0.5, 0.6) is 11.5 Å². The summed E-state index contributed by atoms with van der Waals surface area (Å²) in [6.07, 6.45) is 0.976. The van der Waals surface area contributed by atoms with Crippen molar-refractivity contribution in [3.8, 4) is 11.5 Å². The molecule has 0 saturated carbocycles. The minimum Gasteiger partial charge on any atom is -0.744 e. The lowest BCUT2D eigenvalue weighted by Gasteiger charge is -2.18. The second-order valence-electron chi connectivity index (χ2n) is 10.8. The number of anilines is 1. The molecule has 16 nitrogen and oxygen atoms in total. The predicted octanol–water partition coefficient (Wildman–Crippen LogP) is 4.92. The van der Waals surface area contributed by atoms with Gasteiger partial charge in [-0.05, 0) is 59.7 Å². The SMILES string of the molecule is CCCCS(=O)(=O)c1ccc2c(S(=O)(=O)[O-])c(N=Nc3c(S(=O)(=O)[O-])cc4cc(OS(=O)[O-])cc(NC(=O)c5ccccc5)c4c3O)ccc2c1. The largest absolute Gasteiger partial charge is 0.744 e. The monoisotopic (exact) mass is 774 g/mol. The molecule has 2 N–H and O–H groups in total. The molecule has 0 aliphatic carbocycles. The number of amides is 1. The first-order chi connectivity index (χ1) is 23.9. The number of fused-ring (bicyclic) bond motifs is 2. The number of hydrogen-bond donors (Lipinski definition) is 2. The number of phenolic OH excluding ortho intramolecular Hbond substituents is 1. The summed E-state index contributed by atoms with van der Waals surface area (Å²) < 4.78 is 127. The molecule has 0 radical (unpaired) electrons. The molecule has 1 amide bonds. The normalized spacial score (nSPS) is 13.1. The third-order valence-corrected chi connectivity index (χ3v) is 11.3. The lowest BCUT2D eigenvalue weighted by molar-refractivity contribution is 0.102. The molecule has 0 heterocycles. The van der Waals surface area contributed by atoms with E-state index < -0.39 is 80.0 Å². The Labute approximate surface area is 293 Å². The summed E-state index contributed by atoms with van der Waals surface area (Å²) in [4.78, 5) is 10.7. The molecule has 0 spiro atoms. The van der Waals surface area contributed by atoms with Crippen LogP contribution in [0.1, 0.15) is 30.1 Å². The fourth-order valence-corrected chi connectivity index (χ4v) is 8.32. The molecule has 0 fully saturated rings. The van der Waals surface area contributed by atoms with E-state index in [-0.39, 0.29) is 43.4 Å². The van der Waals surface area contributed by atoms with E-state index in [1.165, 1.54) is 24.3 Å². The smallest absolute Gasteiger partial charge is 0.255 e. The van der Waals surface area contributed by atoms with Gasteiger partial charge in [0.1, 0.15) is 48.7 Å². The standard InChI is InChI=1S/C31H27N3O13S4/c1-2-3-13-49(39,40)22-10-11-23-19(15-22)9-12-24(30(23)51(44,45)46)33-34-28-26(50(41,42)43)16-20-14-21(47-48(37)38)17-25(27(20)29(28)35)32-31(36)18-7-5-4-6-8-18/h4-12,14-17,35H,2-3,13H2,1H3,(H,32,36)(H,37,38)(H,41,42,43)(H,44,45,46)/p-3. The molecule has 268 valence electrons. The number of hydrogen-bond acceptors (Lipinski definition) is 15.